The molecule has 2 atom stereocenters. The molecule has 7 nitrogen and oxygen atoms in total. The summed E-state index contributed by atoms with van der Waals surface area (Å²) in [6.07, 6.45) is 1.66. The lowest BCUT2D eigenvalue weighted by Gasteiger charge is -2.32. The highest BCUT2D eigenvalue weighted by molar-refractivity contribution is 7.92. The second kappa shape index (κ2) is 12.5. The van der Waals surface area contributed by atoms with Gasteiger partial charge in [-0.05, 0) is 56.2 Å². The van der Waals surface area contributed by atoms with Gasteiger partial charge in [-0.15, -0.1) is 0 Å². The number of anilines is 1. The Kier molecular flexibility index (Phi) is 10.5. The standard InChI is InChI=1S/C23H27Cl4N3O4S/c1-5-14(2)28-23(32)15(3)29(12-16-6-7-17(24)10-19(16)26)22(31)13-30(35(4,33)34)21-9-8-18(25)11-20(21)27/h6-11,14-15H,5,12-13H2,1-4H3,(H,28,32). The van der Waals surface area contributed by atoms with E-state index in [1.54, 1.807) is 19.1 Å². The van der Waals surface area contributed by atoms with Gasteiger partial charge in [0.25, 0.3) is 0 Å². The van der Waals surface area contributed by atoms with Gasteiger partial charge in [-0.3, -0.25) is 13.9 Å². The molecule has 0 aromatic heterocycles. The molecular weight excluding hydrogens is 556 g/mol. The lowest BCUT2D eigenvalue weighted by molar-refractivity contribution is -0.139. The third kappa shape index (κ3) is 8.15. The van der Waals surface area contributed by atoms with Gasteiger partial charge in [0, 0.05) is 27.7 Å². The summed E-state index contributed by atoms with van der Waals surface area (Å²) in [4.78, 5) is 27.7. The predicted molar refractivity (Wildman–Crippen MR) is 143 cm³/mol. The fraction of sp³-hybridized carbons (Fsp3) is 0.391. The highest BCUT2D eigenvalue weighted by Gasteiger charge is 2.31. The molecule has 0 bridgehead atoms. The molecule has 0 heterocycles. The number of benzene rings is 2. The van der Waals surface area contributed by atoms with Gasteiger partial charge in [0.2, 0.25) is 21.8 Å². The molecule has 0 spiro atoms. The van der Waals surface area contributed by atoms with Crippen LogP contribution in [-0.4, -0.2) is 50.0 Å². The minimum Gasteiger partial charge on any atom is -0.352 e. The monoisotopic (exact) mass is 581 g/mol. The molecule has 2 aromatic carbocycles. The fourth-order valence-corrected chi connectivity index (χ4v) is 5.05. The molecular formula is C23H27Cl4N3O4S. The largest absolute Gasteiger partial charge is 0.352 e. The smallest absolute Gasteiger partial charge is 0.244 e. The van der Waals surface area contributed by atoms with Crippen LogP contribution in [0.5, 0.6) is 0 Å². The molecule has 12 heteroatoms. The minimum atomic E-state index is -3.92. The highest BCUT2D eigenvalue weighted by atomic mass is 35.5. The van der Waals surface area contributed by atoms with Crippen LogP contribution in [0.1, 0.15) is 32.8 Å². The number of halogens is 4. The zero-order valence-electron chi connectivity index (χ0n) is 19.7. The van der Waals surface area contributed by atoms with Crippen LogP contribution in [0, 0.1) is 0 Å². The van der Waals surface area contributed by atoms with Crippen LogP contribution >= 0.6 is 46.4 Å². The molecule has 0 radical (unpaired) electrons. The molecule has 0 saturated carbocycles. The summed E-state index contributed by atoms with van der Waals surface area (Å²) in [5, 5.41) is 3.95. The third-order valence-corrected chi connectivity index (χ3v) is 7.63. The second-order valence-corrected chi connectivity index (χ2v) is 11.7. The van der Waals surface area contributed by atoms with Gasteiger partial charge in [0.15, 0.2) is 0 Å². The van der Waals surface area contributed by atoms with Gasteiger partial charge in [-0.2, -0.15) is 0 Å². The van der Waals surface area contributed by atoms with E-state index in [9.17, 15) is 18.0 Å². The second-order valence-electron chi connectivity index (χ2n) is 8.12. The number of hydrogen-bond donors (Lipinski definition) is 1. The van der Waals surface area contributed by atoms with Gasteiger partial charge in [0.1, 0.15) is 12.6 Å². The van der Waals surface area contributed by atoms with Gasteiger partial charge < -0.3 is 10.2 Å². The molecule has 0 aliphatic heterocycles. The lowest BCUT2D eigenvalue weighted by atomic mass is 10.1. The third-order valence-electron chi connectivity index (χ3n) is 5.38. The van der Waals surface area contributed by atoms with Crippen LogP contribution in [-0.2, 0) is 26.2 Å². The maximum Gasteiger partial charge on any atom is 0.244 e. The van der Waals surface area contributed by atoms with E-state index in [-0.39, 0.29) is 29.2 Å². The topological polar surface area (TPSA) is 86.8 Å². The zero-order valence-corrected chi connectivity index (χ0v) is 23.5. The Morgan fingerprint density at radius 1 is 0.971 bits per heavy atom. The highest BCUT2D eigenvalue weighted by Crippen LogP contribution is 2.31. The van der Waals surface area contributed by atoms with E-state index in [1.165, 1.54) is 29.2 Å². The van der Waals surface area contributed by atoms with Crippen molar-refractivity contribution < 1.29 is 18.0 Å². The normalized spacial score (nSPS) is 13.1. The average molecular weight is 583 g/mol. The molecule has 0 saturated heterocycles. The van der Waals surface area contributed by atoms with Crippen molar-refractivity contribution in [2.45, 2.75) is 45.8 Å². The first-order chi connectivity index (χ1) is 16.2. The van der Waals surface area contributed by atoms with E-state index in [0.717, 1.165) is 10.6 Å². The summed E-state index contributed by atoms with van der Waals surface area (Å²) in [6, 6.07) is 8.03. The van der Waals surface area contributed by atoms with Gasteiger partial charge in [-0.1, -0.05) is 59.4 Å². The molecule has 35 heavy (non-hydrogen) atoms. The van der Waals surface area contributed by atoms with E-state index < -0.39 is 28.5 Å². The SMILES string of the molecule is CCC(C)NC(=O)C(C)N(Cc1ccc(Cl)cc1Cl)C(=O)CN(c1ccc(Cl)cc1Cl)S(C)(=O)=O. The maximum atomic E-state index is 13.5. The Labute approximate surface area is 226 Å². The fourth-order valence-electron chi connectivity index (χ4n) is 3.16. The van der Waals surface area contributed by atoms with Crippen LogP contribution < -0.4 is 9.62 Å². The number of nitrogens with zero attached hydrogens (tertiary/aromatic N) is 2. The van der Waals surface area contributed by atoms with Crippen LogP contribution in [0.2, 0.25) is 20.1 Å². The van der Waals surface area contributed by atoms with E-state index in [4.69, 9.17) is 46.4 Å². The first-order valence-electron chi connectivity index (χ1n) is 10.7. The predicted octanol–water partition coefficient (Wildman–Crippen LogP) is 5.40. The summed E-state index contributed by atoms with van der Waals surface area (Å²) in [6.45, 7) is 4.70. The molecule has 0 aliphatic rings. The number of nitrogens with one attached hydrogen (secondary N) is 1. The molecule has 2 amide bonds. The molecule has 1 N–H and O–H groups in total. The van der Waals surface area contributed by atoms with Crippen molar-refractivity contribution in [1.82, 2.24) is 10.2 Å². The van der Waals surface area contributed by atoms with E-state index in [2.05, 4.69) is 5.32 Å². The molecule has 2 rings (SSSR count). The molecule has 2 aromatic rings. The van der Waals surface area contributed by atoms with Gasteiger partial charge in [-0.25, -0.2) is 8.42 Å². The summed E-state index contributed by atoms with van der Waals surface area (Å²) >= 11 is 24.5. The number of amides is 2. The van der Waals surface area contributed by atoms with Crippen molar-refractivity contribution in [1.29, 1.82) is 0 Å². The van der Waals surface area contributed by atoms with Crippen molar-refractivity contribution >= 4 is 73.9 Å². The Bertz CT molecular complexity index is 1190. The molecule has 192 valence electrons. The number of carbonyl (C=O) groups excluding carboxylic acids is 2. The number of carbonyl (C=O) groups is 2. The lowest BCUT2D eigenvalue weighted by Crippen LogP contribution is -2.52. The Morgan fingerprint density at radius 2 is 1.54 bits per heavy atom. The van der Waals surface area contributed by atoms with Gasteiger partial charge in [0.05, 0.1) is 17.0 Å². The Balaban J connectivity index is 2.45. The number of rotatable bonds is 10. The van der Waals surface area contributed by atoms with Crippen LogP contribution in [0.15, 0.2) is 36.4 Å². The van der Waals surface area contributed by atoms with Crippen molar-refractivity contribution in [3.63, 3.8) is 0 Å². The average Bonchev–Trinajstić information content (AvgIpc) is 2.76. The summed E-state index contributed by atoms with van der Waals surface area (Å²) in [5.41, 5.74) is 0.635. The quantitative estimate of drug-likeness (QED) is 0.406. The van der Waals surface area contributed by atoms with E-state index in [0.29, 0.717) is 27.1 Å². The van der Waals surface area contributed by atoms with Crippen LogP contribution in [0.4, 0.5) is 5.69 Å². The summed E-state index contributed by atoms with van der Waals surface area (Å²) in [7, 11) is -3.92. The number of sulfonamides is 1. The first-order valence-corrected chi connectivity index (χ1v) is 14.1. The first kappa shape index (κ1) is 29.5. The van der Waals surface area contributed by atoms with Crippen molar-refractivity contribution in [3.8, 4) is 0 Å². The van der Waals surface area contributed by atoms with E-state index >= 15 is 0 Å². The van der Waals surface area contributed by atoms with Crippen LogP contribution in [0.3, 0.4) is 0 Å². The van der Waals surface area contributed by atoms with Crippen molar-refractivity contribution in [3.05, 3.63) is 62.1 Å². The zero-order chi connectivity index (χ0) is 26.5. The van der Waals surface area contributed by atoms with Crippen LogP contribution in [0.25, 0.3) is 0 Å². The minimum absolute atomic E-state index is 0.0458. The Hall–Kier alpha value is -1.71. The molecule has 0 fully saturated rings. The maximum absolute atomic E-state index is 13.5. The summed E-state index contributed by atoms with van der Waals surface area (Å²) in [5.74, 6) is -1.01. The van der Waals surface area contributed by atoms with Gasteiger partial charge >= 0.3 is 0 Å². The summed E-state index contributed by atoms with van der Waals surface area (Å²) < 4.78 is 26.1. The molecule has 0 aliphatic carbocycles. The van der Waals surface area contributed by atoms with E-state index in [1.807, 2.05) is 13.8 Å². The molecule has 2 unspecified atom stereocenters. The van der Waals surface area contributed by atoms with Crippen molar-refractivity contribution in [2.75, 3.05) is 17.1 Å². The van der Waals surface area contributed by atoms with Crippen molar-refractivity contribution in [2.24, 2.45) is 0 Å². The Morgan fingerprint density at radius 3 is 2.06 bits per heavy atom. The number of hydrogen-bond acceptors (Lipinski definition) is 4.